The van der Waals surface area contributed by atoms with E-state index in [0.717, 1.165) is 58.3 Å². The molecule has 7 nitrogen and oxygen atoms in total. The van der Waals surface area contributed by atoms with Crippen LogP contribution in [0.5, 0.6) is 0 Å². The van der Waals surface area contributed by atoms with Gasteiger partial charge in [0.05, 0.1) is 6.04 Å². The van der Waals surface area contributed by atoms with Crippen molar-refractivity contribution in [1.82, 2.24) is 20.3 Å². The summed E-state index contributed by atoms with van der Waals surface area (Å²) < 4.78 is 0. The smallest absolute Gasteiger partial charge is 0.280 e. The molecule has 0 radical (unpaired) electrons. The fourth-order valence-electron chi connectivity index (χ4n) is 4.94. The van der Waals surface area contributed by atoms with Crippen LogP contribution in [0.25, 0.3) is 21.5 Å². The van der Waals surface area contributed by atoms with Crippen LogP contribution in [-0.2, 0) is 17.6 Å². The normalized spacial score (nSPS) is 16.2. The molecule has 2 atom stereocenters. The summed E-state index contributed by atoms with van der Waals surface area (Å²) in [6, 6.07) is 12.4. The van der Waals surface area contributed by atoms with Gasteiger partial charge in [-0.3, -0.25) is 9.59 Å². The van der Waals surface area contributed by atoms with Gasteiger partial charge in [-0.05, 0) is 65.0 Å². The van der Waals surface area contributed by atoms with Crippen molar-refractivity contribution in [2.75, 3.05) is 0 Å². The van der Waals surface area contributed by atoms with Crippen LogP contribution in [0.15, 0.2) is 53.5 Å². The number of aromatic nitrogens is 3. The van der Waals surface area contributed by atoms with Gasteiger partial charge in [-0.1, -0.05) is 56.4 Å². The minimum atomic E-state index is -0.477. The largest absolute Gasteiger partial charge is 0.343 e. The molecule has 0 spiro atoms. The van der Waals surface area contributed by atoms with Crippen LogP contribution in [0.1, 0.15) is 66.3 Å². The average Bonchev–Trinajstić information content (AvgIpc) is 3.30. The molecule has 1 aliphatic carbocycles. The third-order valence-corrected chi connectivity index (χ3v) is 8.20. The summed E-state index contributed by atoms with van der Waals surface area (Å²) in [5.41, 5.74) is 5.80. The van der Waals surface area contributed by atoms with E-state index in [1.54, 1.807) is 12.3 Å². The Hall–Kier alpha value is -3.65. The van der Waals surface area contributed by atoms with E-state index in [1.807, 2.05) is 24.3 Å². The first-order valence-electron chi connectivity index (χ1n) is 12.5. The Morgan fingerprint density at radius 2 is 1.92 bits per heavy atom. The van der Waals surface area contributed by atoms with Gasteiger partial charge in [0.1, 0.15) is 16.6 Å². The molecule has 0 saturated carbocycles. The molecule has 0 saturated heterocycles. The van der Waals surface area contributed by atoms with Crippen LogP contribution < -0.4 is 10.9 Å². The lowest BCUT2D eigenvalue weighted by Crippen LogP contribution is -2.28. The average molecular weight is 515 g/mol. The van der Waals surface area contributed by atoms with E-state index in [9.17, 15) is 14.4 Å². The molecule has 1 aromatic carbocycles. The van der Waals surface area contributed by atoms with Crippen LogP contribution in [0.2, 0.25) is 0 Å². The number of thiazole rings is 1. The summed E-state index contributed by atoms with van der Waals surface area (Å²) in [6.45, 7) is 6.85. The highest BCUT2D eigenvalue weighted by Crippen LogP contribution is 2.38. The van der Waals surface area contributed by atoms with Crippen LogP contribution in [-0.4, -0.2) is 27.1 Å². The zero-order valence-electron chi connectivity index (χ0n) is 21.2. The molecule has 1 amide bonds. The Balaban J connectivity index is 1.35. The number of carbonyl (C=O) groups is 2. The number of carbonyl (C=O) groups excluding carboxylic acids is 2. The van der Waals surface area contributed by atoms with Crippen LogP contribution in [0, 0.1) is 11.3 Å². The molecule has 8 heteroatoms. The Kier molecular flexibility index (Phi) is 6.77. The number of aromatic amines is 1. The predicted molar refractivity (Wildman–Crippen MR) is 146 cm³/mol. The Bertz CT molecular complexity index is 1490. The number of nitrogens with zero attached hydrogens (tertiary/aromatic N) is 2. The third kappa shape index (κ3) is 5.39. The summed E-state index contributed by atoms with van der Waals surface area (Å²) in [4.78, 5) is 48.8. The van der Waals surface area contributed by atoms with Crippen molar-refractivity contribution in [2.45, 2.75) is 52.5 Å². The van der Waals surface area contributed by atoms with Gasteiger partial charge in [0.25, 0.3) is 5.91 Å². The molecular formula is C29H30N4O3S. The first-order chi connectivity index (χ1) is 17.7. The number of benzene rings is 1. The van der Waals surface area contributed by atoms with E-state index < -0.39 is 6.04 Å². The van der Waals surface area contributed by atoms with Crippen molar-refractivity contribution in [1.29, 1.82) is 0 Å². The van der Waals surface area contributed by atoms with Gasteiger partial charge in [0, 0.05) is 24.4 Å². The van der Waals surface area contributed by atoms with Gasteiger partial charge in [0.15, 0.2) is 5.01 Å². The van der Waals surface area contributed by atoms with Crippen LogP contribution in [0.4, 0.5) is 0 Å². The van der Waals surface area contributed by atoms with Crippen molar-refractivity contribution in [3.8, 4) is 11.1 Å². The Morgan fingerprint density at radius 3 is 2.59 bits per heavy atom. The topological polar surface area (TPSA) is 105 Å². The van der Waals surface area contributed by atoms with E-state index in [4.69, 9.17) is 4.98 Å². The minimum absolute atomic E-state index is 0.148. The number of H-pyrrole nitrogens is 1. The van der Waals surface area contributed by atoms with Crippen molar-refractivity contribution >= 4 is 33.9 Å². The Morgan fingerprint density at radius 1 is 1.16 bits per heavy atom. The van der Waals surface area contributed by atoms with Gasteiger partial charge in [-0.25, -0.2) is 9.97 Å². The zero-order valence-corrected chi connectivity index (χ0v) is 22.0. The summed E-state index contributed by atoms with van der Waals surface area (Å²) in [5, 5.41) is 3.32. The van der Waals surface area contributed by atoms with Gasteiger partial charge in [-0.2, -0.15) is 0 Å². The van der Waals surface area contributed by atoms with Crippen molar-refractivity contribution in [3.63, 3.8) is 0 Å². The molecule has 3 aromatic heterocycles. The zero-order chi connectivity index (χ0) is 26.2. The molecule has 37 heavy (non-hydrogen) atoms. The first kappa shape index (κ1) is 25.0. The standard InChI is InChI=1S/C29H30N4O3S/c1-29(2,3)21-9-10-22-20(14-21)15-24-27(32-22)37-28(33-24)26(36)31-23(12-13-34)18-6-4-17(5-7-18)19-8-11-25(35)30-16-19/h4-8,11,13,15-16,21,23H,9-10,12,14H2,1-3H3,(H,30,35)(H,31,36)/t21-,23+/m0/s1. The lowest BCUT2D eigenvalue weighted by molar-refractivity contribution is -0.108. The van der Waals surface area contributed by atoms with E-state index in [2.05, 4.69) is 42.1 Å². The fourth-order valence-corrected chi connectivity index (χ4v) is 5.79. The number of pyridine rings is 2. The highest BCUT2D eigenvalue weighted by molar-refractivity contribution is 7.19. The van der Waals surface area contributed by atoms with E-state index in [1.165, 1.54) is 23.0 Å². The van der Waals surface area contributed by atoms with Gasteiger partial charge in [-0.15, -0.1) is 0 Å². The van der Waals surface area contributed by atoms with Gasteiger partial charge < -0.3 is 15.1 Å². The maximum Gasteiger partial charge on any atom is 0.280 e. The Labute approximate surface area is 219 Å². The monoisotopic (exact) mass is 514 g/mol. The summed E-state index contributed by atoms with van der Waals surface area (Å²) in [7, 11) is 0. The number of nitrogens with one attached hydrogen (secondary N) is 2. The predicted octanol–water partition coefficient (Wildman–Crippen LogP) is 5.26. The van der Waals surface area contributed by atoms with Crippen LogP contribution in [0.3, 0.4) is 0 Å². The summed E-state index contributed by atoms with van der Waals surface area (Å²) in [5.74, 6) is 0.283. The molecule has 190 valence electrons. The van der Waals surface area contributed by atoms with E-state index in [0.29, 0.717) is 10.9 Å². The number of fused-ring (bicyclic) bond motifs is 2. The maximum atomic E-state index is 13.2. The second kappa shape index (κ2) is 10.0. The number of hydrogen-bond acceptors (Lipinski definition) is 6. The van der Waals surface area contributed by atoms with Crippen molar-refractivity contribution in [3.05, 3.63) is 80.8 Å². The van der Waals surface area contributed by atoms with Crippen LogP contribution >= 0.6 is 11.3 Å². The molecule has 4 aromatic rings. The first-order valence-corrected chi connectivity index (χ1v) is 13.4. The highest BCUT2D eigenvalue weighted by Gasteiger charge is 2.30. The van der Waals surface area contributed by atoms with Gasteiger partial charge in [0.2, 0.25) is 5.56 Å². The lowest BCUT2D eigenvalue weighted by Gasteiger charge is -2.34. The van der Waals surface area contributed by atoms with E-state index in [-0.39, 0.29) is 23.3 Å². The third-order valence-electron chi connectivity index (χ3n) is 7.24. The summed E-state index contributed by atoms with van der Waals surface area (Å²) in [6.07, 6.45) is 5.66. The second-order valence-corrected chi connectivity index (χ2v) is 11.7. The quantitative estimate of drug-likeness (QED) is 0.342. The summed E-state index contributed by atoms with van der Waals surface area (Å²) >= 11 is 1.29. The van der Waals surface area contributed by atoms with E-state index >= 15 is 0 Å². The SMILES string of the molecule is CC(C)(C)[C@H]1CCc2nc3sc(C(=O)N[C@H](CC=O)c4ccc(-c5ccc(=O)[nH]c5)cc4)nc3cc2C1. The molecule has 3 heterocycles. The van der Waals surface area contributed by atoms with Gasteiger partial charge >= 0.3 is 0 Å². The molecule has 0 bridgehead atoms. The lowest BCUT2D eigenvalue weighted by atomic mass is 9.71. The molecule has 1 aliphatic rings. The molecule has 0 unspecified atom stereocenters. The minimum Gasteiger partial charge on any atom is -0.343 e. The van der Waals surface area contributed by atoms with Crippen molar-refractivity contribution < 1.29 is 9.59 Å². The van der Waals surface area contributed by atoms with Crippen molar-refractivity contribution in [2.24, 2.45) is 11.3 Å². The molecule has 0 fully saturated rings. The maximum absolute atomic E-state index is 13.2. The number of amides is 1. The molecule has 5 rings (SSSR count). The number of aryl methyl sites for hydroxylation is 1. The number of rotatable bonds is 6. The molecule has 2 N–H and O–H groups in total. The highest BCUT2D eigenvalue weighted by atomic mass is 32.1. The fraction of sp³-hybridized carbons (Fsp3) is 0.345. The second-order valence-electron chi connectivity index (χ2n) is 10.7. The number of aldehydes is 1. The number of hydrogen-bond donors (Lipinski definition) is 2. The molecular weight excluding hydrogens is 484 g/mol. The molecule has 0 aliphatic heterocycles.